The van der Waals surface area contributed by atoms with Crippen LogP contribution in [0.1, 0.15) is 35.7 Å². The molecule has 1 aromatic heterocycles. The highest BCUT2D eigenvalue weighted by atomic mass is 32.2. The van der Waals surface area contributed by atoms with Gasteiger partial charge in [0.15, 0.2) is 0 Å². The minimum atomic E-state index is -3.52. The average Bonchev–Trinajstić information content (AvgIpc) is 3.14. The van der Waals surface area contributed by atoms with Crippen molar-refractivity contribution in [1.29, 1.82) is 0 Å². The summed E-state index contributed by atoms with van der Waals surface area (Å²) in [5, 5.41) is 0.586. The Morgan fingerprint density at radius 2 is 1.83 bits per heavy atom. The lowest BCUT2D eigenvalue weighted by Gasteiger charge is -2.29. The Labute approximate surface area is 180 Å². The maximum absolute atomic E-state index is 12.8. The Morgan fingerprint density at radius 1 is 1.13 bits per heavy atom. The molecular formula is C21H24N4O3S2. The maximum atomic E-state index is 12.8. The highest BCUT2D eigenvalue weighted by molar-refractivity contribution is 7.89. The molecular weight excluding hydrogens is 420 g/mol. The number of anilines is 1. The summed E-state index contributed by atoms with van der Waals surface area (Å²) in [6.45, 7) is 5.24. The fourth-order valence-electron chi connectivity index (χ4n) is 3.42. The number of sulfonamides is 1. The van der Waals surface area contributed by atoms with E-state index in [9.17, 15) is 13.2 Å². The third kappa shape index (κ3) is 4.33. The Balaban J connectivity index is 1.41. The van der Waals surface area contributed by atoms with E-state index in [4.69, 9.17) is 0 Å². The molecule has 2 heterocycles. The molecule has 1 aliphatic heterocycles. The zero-order chi connectivity index (χ0) is 21.3. The lowest BCUT2D eigenvalue weighted by atomic mass is 10.0. The number of thiazole rings is 1. The Morgan fingerprint density at radius 3 is 2.53 bits per heavy atom. The molecule has 2 N–H and O–H groups in total. The second kappa shape index (κ2) is 8.33. The third-order valence-corrected chi connectivity index (χ3v) is 8.17. The number of fused-ring (bicyclic) bond motifs is 1. The fourth-order valence-corrected chi connectivity index (χ4v) is 5.81. The highest BCUT2D eigenvalue weighted by Gasteiger charge is 2.28. The lowest BCUT2D eigenvalue weighted by molar-refractivity contribution is 0.0962. The number of aromatic nitrogens is 1. The van der Waals surface area contributed by atoms with Crippen molar-refractivity contribution in [2.45, 2.75) is 31.6 Å². The van der Waals surface area contributed by atoms with Gasteiger partial charge in [-0.1, -0.05) is 24.3 Å². The number of hydrogen-bond donors (Lipinski definition) is 2. The summed E-state index contributed by atoms with van der Waals surface area (Å²) in [4.78, 5) is 17.1. The number of carbonyl (C=O) groups excluding carboxylic acids is 1. The van der Waals surface area contributed by atoms with Gasteiger partial charge in [-0.2, -0.15) is 4.31 Å². The van der Waals surface area contributed by atoms with Crippen LogP contribution < -0.4 is 10.9 Å². The van der Waals surface area contributed by atoms with E-state index in [-0.39, 0.29) is 10.8 Å². The van der Waals surface area contributed by atoms with Gasteiger partial charge in [-0.3, -0.25) is 15.6 Å². The second-order valence-electron chi connectivity index (χ2n) is 7.68. The molecule has 9 heteroatoms. The summed E-state index contributed by atoms with van der Waals surface area (Å²) in [5.74, 6) is 0.190. The van der Waals surface area contributed by atoms with Gasteiger partial charge in [-0.05, 0) is 67.6 Å². The van der Waals surface area contributed by atoms with Crippen molar-refractivity contribution in [1.82, 2.24) is 14.7 Å². The first-order valence-corrected chi connectivity index (χ1v) is 12.1. The van der Waals surface area contributed by atoms with E-state index >= 15 is 0 Å². The van der Waals surface area contributed by atoms with Gasteiger partial charge in [0.2, 0.25) is 15.2 Å². The molecule has 3 aromatic rings. The molecule has 0 saturated carbocycles. The topological polar surface area (TPSA) is 91.4 Å². The molecule has 0 spiro atoms. The predicted octanol–water partition coefficient (Wildman–Crippen LogP) is 3.78. The summed E-state index contributed by atoms with van der Waals surface area (Å²) in [5.41, 5.74) is 7.83. The number of aryl methyl sites for hydroxylation is 1. The van der Waals surface area contributed by atoms with Crippen LogP contribution in [0.4, 0.5) is 5.13 Å². The largest absolute Gasteiger partial charge is 0.273 e. The Hall–Kier alpha value is -2.49. The van der Waals surface area contributed by atoms with E-state index in [0.29, 0.717) is 29.7 Å². The second-order valence-corrected chi connectivity index (χ2v) is 10.6. The lowest BCUT2D eigenvalue weighted by Crippen LogP contribution is -2.37. The van der Waals surface area contributed by atoms with E-state index in [1.807, 2.05) is 25.1 Å². The molecule has 0 bridgehead atoms. The number of hydrogen-bond acceptors (Lipinski definition) is 6. The van der Waals surface area contributed by atoms with Crippen LogP contribution in [0.15, 0.2) is 47.4 Å². The summed E-state index contributed by atoms with van der Waals surface area (Å²) in [7, 11) is -3.52. The molecule has 1 saturated heterocycles. The molecule has 0 unspecified atom stereocenters. The van der Waals surface area contributed by atoms with Gasteiger partial charge in [0.1, 0.15) is 0 Å². The Bertz CT molecular complexity index is 1160. The molecule has 0 aliphatic carbocycles. The van der Waals surface area contributed by atoms with Gasteiger partial charge in [0.25, 0.3) is 5.91 Å². The zero-order valence-corrected chi connectivity index (χ0v) is 18.5. The third-order valence-electron chi connectivity index (χ3n) is 5.32. The van der Waals surface area contributed by atoms with Gasteiger partial charge < -0.3 is 0 Å². The molecule has 1 fully saturated rings. The van der Waals surface area contributed by atoms with Crippen molar-refractivity contribution < 1.29 is 13.2 Å². The number of benzene rings is 2. The van der Waals surface area contributed by atoms with E-state index in [1.54, 1.807) is 0 Å². The van der Waals surface area contributed by atoms with E-state index < -0.39 is 10.0 Å². The van der Waals surface area contributed by atoms with Crippen molar-refractivity contribution in [3.05, 3.63) is 53.6 Å². The van der Waals surface area contributed by atoms with Crippen LogP contribution >= 0.6 is 11.3 Å². The summed E-state index contributed by atoms with van der Waals surface area (Å²) < 4.78 is 28.2. The molecule has 7 nitrogen and oxygen atoms in total. The molecule has 4 rings (SSSR count). The fraction of sp³-hybridized carbons (Fsp3) is 0.333. The van der Waals surface area contributed by atoms with Crippen molar-refractivity contribution in [2.24, 2.45) is 5.92 Å². The number of hydrazine groups is 1. The SMILES string of the molecule is Cc1ccc2nc(NNC(=O)c3ccc(S(=O)(=O)N4CCC(C)CC4)cc3)sc2c1. The minimum Gasteiger partial charge on any atom is -0.273 e. The van der Waals surface area contributed by atoms with Gasteiger partial charge in [0.05, 0.1) is 15.1 Å². The van der Waals surface area contributed by atoms with Crippen molar-refractivity contribution in [3.8, 4) is 0 Å². The molecule has 0 atom stereocenters. The van der Waals surface area contributed by atoms with Crippen molar-refractivity contribution in [3.63, 3.8) is 0 Å². The number of nitrogens with one attached hydrogen (secondary N) is 2. The van der Waals surface area contributed by atoms with Gasteiger partial charge in [-0.25, -0.2) is 13.4 Å². The van der Waals surface area contributed by atoms with E-state index in [1.165, 1.54) is 39.9 Å². The normalized spacial score (nSPS) is 15.9. The first kappa shape index (κ1) is 20.8. The maximum Gasteiger partial charge on any atom is 0.269 e. The quantitative estimate of drug-likeness (QED) is 0.585. The molecule has 2 aromatic carbocycles. The number of nitrogens with zero attached hydrogens (tertiary/aromatic N) is 2. The number of amides is 1. The van der Waals surface area contributed by atoms with Crippen LogP contribution in [0, 0.1) is 12.8 Å². The molecule has 0 radical (unpaired) electrons. The van der Waals surface area contributed by atoms with Crippen LogP contribution in [0.5, 0.6) is 0 Å². The first-order valence-electron chi connectivity index (χ1n) is 9.87. The first-order chi connectivity index (χ1) is 14.3. The predicted molar refractivity (Wildman–Crippen MR) is 119 cm³/mol. The molecule has 1 amide bonds. The van der Waals surface area contributed by atoms with Crippen LogP contribution in [0.25, 0.3) is 10.2 Å². The molecule has 30 heavy (non-hydrogen) atoms. The monoisotopic (exact) mass is 444 g/mol. The molecule has 1 aliphatic rings. The molecule has 158 valence electrons. The van der Waals surface area contributed by atoms with Gasteiger partial charge >= 0.3 is 0 Å². The standard InChI is InChI=1S/C21H24N4O3S2/c1-14-9-11-25(12-10-14)30(27,28)17-6-4-16(5-7-17)20(26)23-24-21-22-18-8-3-15(2)13-19(18)29-21/h3-8,13-14H,9-12H2,1-2H3,(H,22,24)(H,23,26). The van der Waals surface area contributed by atoms with Crippen molar-refractivity contribution >= 4 is 42.6 Å². The van der Waals surface area contributed by atoms with Crippen molar-refractivity contribution in [2.75, 3.05) is 18.5 Å². The smallest absolute Gasteiger partial charge is 0.269 e. The summed E-state index contributed by atoms with van der Waals surface area (Å²) in [6.07, 6.45) is 1.74. The Kier molecular flexibility index (Phi) is 5.77. The van der Waals surface area contributed by atoms with E-state index in [0.717, 1.165) is 28.6 Å². The van der Waals surface area contributed by atoms with Crippen LogP contribution in [-0.2, 0) is 10.0 Å². The van der Waals surface area contributed by atoms with E-state index in [2.05, 4.69) is 22.8 Å². The number of piperidine rings is 1. The number of rotatable bonds is 5. The van der Waals surface area contributed by atoms with Crippen LogP contribution in [0.2, 0.25) is 0 Å². The zero-order valence-electron chi connectivity index (χ0n) is 16.9. The van der Waals surface area contributed by atoms with Gasteiger partial charge in [-0.15, -0.1) is 0 Å². The minimum absolute atomic E-state index is 0.211. The average molecular weight is 445 g/mol. The summed E-state index contributed by atoms with van der Waals surface area (Å²) in [6, 6.07) is 12.0. The number of carbonyl (C=O) groups is 1. The van der Waals surface area contributed by atoms with Crippen LogP contribution in [0.3, 0.4) is 0 Å². The van der Waals surface area contributed by atoms with Crippen LogP contribution in [-0.4, -0.2) is 36.7 Å². The highest BCUT2D eigenvalue weighted by Crippen LogP contribution is 2.26. The summed E-state index contributed by atoms with van der Waals surface area (Å²) >= 11 is 1.45. The van der Waals surface area contributed by atoms with Gasteiger partial charge in [0, 0.05) is 18.7 Å².